The number of nitro groups is 1. The van der Waals surface area contributed by atoms with Gasteiger partial charge in [0.05, 0.1) is 23.1 Å². The van der Waals surface area contributed by atoms with Crippen molar-refractivity contribution in [2.24, 2.45) is 5.73 Å². The van der Waals surface area contributed by atoms with Gasteiger partial charge in [-0.2, -0.15) is 0 Å². The van der Waals surface area contributed by atoms with Crippen LogP contribution in [0.25, 0.3) is 5.65 Å². The van der Waals surface area contributed by atoms with Crippen LogP contribution >= 0.6 is 0 Å². The molecule has 0 unspecified atom stereocenters. The molecule has 5 rings (SSSR count). The number of hydrogen-bond donors (Lipinski definition) is 2. The summed E-state index contributed by atoms with van der Waals surface area (Å²) in [5.41, 5.74) is 11.1. The quantitative estimate of drug-likeness (QED) is 0.219. The first-order chi connectivity index (χ1) is 18.1. The number of nitrogens with two attached hydrogens (primary N) is 2. The Morgan fingerprint density at radius 1 is 1.13 bits per heavy atom. The van der Waals surface area contributed by atoms with E-state index < -0.39 is 40.6 Å². The van der Waals surface area contributed by atoms with E-state index in [2.05, 4.69) is 10.1 Å². The Morgan fingerprint density at radius 3 is 2.55 bits per heavy atom. The number of aromatic nitrogens is 3. The molecule has 0 bridgehead atoms. The summed E-state index contributed by atoms with van der Waals surface area (Å²) >= 11 is 0. The topological polar surface area (TPSA) is 172 Å². The maximum atomic E-state index is 14.8. The van der Waals surface area contributed by atoms with Gasteiger partial charge >= 0.3 is 5.97 Å². The van der Waals surface area contributed by atoms with Crippen molar-refractivity contribution < 1.29 is 28.0 Å². The van der Waals surface area contributed by atoms with Crippen molar-refractivity contribution in [3.8, 4) is 0 Å². The van der Waals surface area contributed by atoms with Gasteiger partial charge < -0.3 is 21.1 Å². The maximum Gasteiger partial charge on any atom is 0.338 e. The van der Waals surface area contributed by atoms with Gasteiger partial charge in [0.15, 0.2) is 11.5 Å². The number of nitrogens with zero attached hydrogens (tertiary/aromatic N) is 5. The van der Waals surface area contributed by atoms with Gasteiger partial charge in [0.25, 0.3) is 11.6 Å². The second-order valence-electron chi connectivity index (χ2n) is 8.58. The molecule has 0 aliphatic carbocycles. The van der Waals surface area contributed by atoms with Gasteiger partial charge in [-0.25, -0.2) is 23.1 Å². The highest BCUT2D eigenvalue weighted by molar-refractivity contribution is 6.03. The summed E-state index contributed by atoms with van der Waals surface area (Å²) in [6.07, 6.45) is 0.778. The number of nitro benzene ring substituents is 1. The van der Waals surface area contributed by atoms with Crippen LogP contribution in [-0.2, 0) is 4.74 Å². The number of rotatable bonds is 6. The summed E-state index contributed by atoms with van der Waals surface area (Å²) < 4.78 is 35.8. The highest BCUT2D eigenvalue weighted by Gasteiger charge is 2.38. The summed E-state index contributed by atoms with van der Waals surface area (Å²) in [5.74, 6) is -2.78. The second kappa shape index (κ2) is 9.38. The number of primary amides is 1. The molecule has 0 spiro atoms. The molecule has 194 valence electrons. The Balaban J connectivity index is 1.49. The lowest BCUT2D eigenvalue weighted by Crippen LogP contribution is -2.27. The Hall–Kier alpha value is -5.14. The average Bonchev–Trinajstić information content (AvgIpc) is 3.45. The normalized spacial score (nSPS) is 17.1. The molecule has 1 aliphatic heterocycles. The summed E-state index contributed by atoms with van der Waals surface area (Å²) in [6.45, 7) is 0.0397. The van der Waals surface area contributed by atoms with Gasteiger partial charge in [0.2, 0.25) is 0 Å². The number of fused-ring (bicyclic) bond motifs is 1. The lowest BCUT2D eigenvalue weighted by molar-refractivity contribution is -0.384. The molecular formula is C24H19F2N7O5. The standard InChI is InChI=1S/C24H19F2N7O5/c25-13-3-6-17(26)16(9-13)18-10-15(38-24(35)12-1-4-14(5-2-12)33(36)37)11-31(18)19-7-8-32-23(29-19)20(22(28)34)21(27)30-32/h1-9,15,18H,10-11H2,(H2,27,30)(H2,28,34)/t15-,18+/m0/s1. The summed E-state index contributed by atoms with van der Waals surface area (Å²) in [4.78, 5) is 41.0. The van der Waals surface area contributed by atoms with Crippen LogP contribution in [0.3, 0.4) is 0 Å². The number of esters is 1. The maximum absolute atomic E-state index is 14.8. The Morgan fingerprint density at radius 2 is 1.87 bits per heavy atom. The number of hydrogen-bond acceptors (Lipinski definition) is 9. The minimum absolute atomic E-state index is 0.0173. The molecule has 1 saturated heterocycles. The Bertz CT molecular complexity index is 1590. The average molecular weight is 523 g/mol. The molecule has 4 aromatic rings. The molecule has 14 heteroatoms. The largest absolute Gasteiger partial charge is 0.457 e. The van der Waals surface area contributed by atoms with Crippen LogP contribution in [0.2, 0.25) is 0 Å². The van der Waals surface area contributed by atoms with Crippen molar-refractivity contribution in [3.63, 3.8) is 0 Å². The van der Waals surface area contributed by atoms with E-state index in [4.69, 9.17) is 16.2 Å². The molecule has 38 heavy (non-hydrogen) atoms. The van der Waals surface area contributed by atoms with E-state index >= 15 is 0 Å². The number of carbonyl (C=O) groups is 2. The molecular weight excluding hydrogens is 504 g/mol. The molecule has 2 aromatic carbocycles. The van der Waals surface area contributed by atoms with Crippen molar-refractivity contribution >= 4 is 34.8 Å². The third-order valence-corrected chi connectivity index (χ3v) is 6.21. The van der Waals surface area contributed by atoms with E-state index in [1.165, 1.54) is 41.0 Å². The van der Waals surface area contributed by atoms with Crippen LogP contribution in [0.1, 0.15) is 38.7 Å². The van der Waals surface area contributed by atoms with Crippen molar-refractivity contribution in [1.82, 2.24) is 14.6 Å². The van der Waals surface area contributed by atoms with Crippen LogP contribution in [0.4, 0.5) is 26.1 Å². The van der Waals surface area contributed by atoms with Crippen molar-refractivity contribution in [3.05, 3.63) is 93.2 Å². The molecule has 1 amide bonds. The zero-order valence-electron chi connectivity index (χ0n) is 19.5. The molecule has 0 saturated carbocycles. The van der Waals surface area contributed by atoms with Crippen molar-refractivity contribution in [2.75, 3.05) is 17.2 Å². The minimum Gasteiger partial charge on any atom is -0.457 e. The minimum atomic E-state index is -0.841. The van der Waals surface area contributed by atoms with Gasteiger partial charge in [-0.05, 0) is 36.4 Å². The molecule has 1 fully saturated rings. The lowest BCUT2D eigenvalue weighted by atomic mass is 10.0. The van der Waals surface area contributed by atoms with Crippen LogP contribution in [0.5, 0.6) is 0 Å². The molecule has 0 radical (unpaired) electrons. The van der Waals surface area contributed by atoms with Crippen molar-refractivity contribution in [1.29, 1.82) is 0 Å². The predicted octanol–water partition coefficient (Wildman–Crippen LogP) is 2.77. The highest BCUT2D eigenvalue weighted by Crippen LogP contribution is 2.38. The summed E-state index contributed by atoms with van der Waals surface area (Å²) in [5, 5.41) is 14.9. The number of amides is 1. The summed E-state index contributed by atoms with van der Waals surface area (Å²) in [7, 11) is 0. The zero-order chi connectivity index (χ0) is 27.1. The summed E-state index contributed by atoms with van der Waals surface area (Å²) in [6, 6.07) is 8.66. The predicted molar refractivity (Wildman–Crippen MR) is 129 cm³/mol. The fraction of sp³-hybridized carbons (Fsp3) is 0.167. The number of nitrogen functional groups attached to an aromatic ring is 1. The Labute approximate surface area is 212 Å². The van der Waals surface area contributed by atoms with Gasteiger partial charge in [-0.3, -0.25) is 14.9 Å². The number of non-ortho nitro benzene ring substituents is 1. The van der Waals surface area contributed by atoms with Crippen LogP contribution < -0.4 is 16.4 Å². The SMILES string of the molecule is NC(=O)c1c(N)nn2ccc(N3C[C@@H](OC(=O)c4ccc([N+](=O)[O-])cc4)C[C@@H]3c3cc(F)ccc3F)nc12. The number of halogens is 2. The third-order valence-electron chi connectivity index (χ3n) is 6.21. The number of carbonyl (C=O) groups excluding carboxylic acids is 2. The lowest BCUT2D eigenvalue weighted by Gasteiger charge is -2.26. The fourth-order valence-corrected chi connectivity index (χ4v) is 4.47. The van der Waals surface area contributed by atoms with E-state index in [9.17, 15) is 28.5 Å². The van der Waals surface area contributed by atoms with Gasteiger partial charge in [0, 0.05) is 30.3 Å². The van der Waals surface area contributed by atoms with E-state index in [-0.39, 0.29) is 52.6 Å². The van der Waals surface area contributed by atoms with Crippen LogP contribution in [-0.4, -0.2) is 44.0 Å². The monoisotopic (exact) mass is 523 g/mol. The van der Waals surface area contributed by atoms with Gasteiger partial charge in [-0.15, -0.1) is 5.10 Å². The molecule has 2 aromatic heterocycles. The molecule has 1 aliphatic rings. The third kappa shape index (κ3) is 4.42. The molecule has 12 nitrogen and oxygen atoms in total. The number of benzene rings is 2. The van der Waals surface area contributed by atoms with Gasteiger partial charge in [0.1, 0.15) is 29.1 Å². The van der Waals surface area contributed by atoms with E-state index in [0.29, 0.717) is 0 Å². The van der Waals surface area contributed by atoms with Crippen LogP contribution in [0, 0.1) is 21.7 Å². The zero-order valence-corrected chi connectivity index (χ0v) is 19.5. The smallest absolute Gasteiger partial charge is 0.338 e. The number of ether oxygens (including phenoxy) is 1. The molecule has 3 heterocycles. The Kier molecular flexibility index (Phi) is 6.06. The van der Waals surface area contributed by atoms with Gasteiger partial charge in [-0.1, -0.05) is 0 Å². The van der Waals surface area contributed by atoms with Crippen LogP contribution in [0.15, 0.2) is 54.7 Å². The van der Waals surface area contributed by atoms with E-state index in [0.717, 1.165) is 18.2 Å². The highest BCUT2D eigenvalue weighted by atomic mass is 19.1. The first-order valence-electron chi connectivity index (χ1n) is 11.2. The fourth-order valence-electron chi connectivity index (χ4n) is 4.47. The molecule has 4 N–H and O–H groups in total. The second-order valence-corrected chi connectivity index (χ2v) is 8.58. The number of anilines is 2. The van der Waals surface area contributed by atoms with Crippen molar-refractivity contribution in [2.45, 2.75) is 18.6 Å². The van der Waals surface area contributed by atoms with E-state index in [1.54, 1.807) is 4.90 Å². The molecule has 2 atom stereocenters. The first-order valence-corrected chi connectivity index (χ1v) is 11.2. The van der Waals surface area contributed by atoms with E-state index in [1.807, 2.05) is 0 Å². The first kappa shape index (κ1) is 24.5.